The Morgan fingerprint density at radius 3 is 3.00 bits per heavy atom. The fourth-order valence-electron chi connectivity index (χ4n) is 2.91. The van der Waals surface area contributed by atoms with E-state index in [1.807, 2.05) is 6.07 Å². The van der Waals surface area contributed by atoms with Gasteiger partial charge < -0.3 is 5.32 Å². The lowest BCUT2D eigenvalue weighted by atomic mass is 9.89. The zero-order valence-electron chi connectivity index (χ0n) is 10.6. The van der Waals surface area contributed by atoms with Crippen molar-refractivity contribution in [1.29, 1.82) is 0 Å². The number of halogens is 1. The predicted molar refractivity (Wildman–Crippen MR) is 67.4 cm³/mol. The molecule has 1 N–H and O–H groups in total. The van der Waals surface area contributed by atoms with Gasteiger partial charge in [0.05, 0.1) is 6.20 Å². The van der Waals surface area contributed by atoms with E-state index < -0.39 is 0 Å². The second-order valence-electron chi connectivity index (χ2n) is 5.00. The van der Waals surface area contributed by atoms with E-state index in [9.17, 15) is 4.39 Å². The van der Waals surface area contributed by atoms with Crippen molar-refractivity contribution in [1.82, 2.24) is 10.3 Å². The minimum atomic E-state index is -0.152. The number of nitrogens with one attached hydrogen (secondary N) is 1. The summed E-state index contributed by atoms with van der Waals surface area (Å²) < 4.78 is 13.7. The molecule has 0 spiro atoms. The van der Waals surface area contributed by atoms with Crippen LogP contribution in [0.3, 0.4) is 0 Å². The molecule has 94 valence electrons. The minimum absolute atomic E-state index is 0.152. The summed E-state index contributed by atoms with van der Waals surface area (Å²) in [4.78, 5) is 3.82. The molecule has 1 fully saturated rings. The molecule has 1 aliphatic carbocycles. The maximum atomic E-state index is 13.7. The molecule has 0 amide bonds. The van der Waals surface area contributed by atoms with Gasteiger partial charge in [-0.15, -0.1) is 0 Å². The summed E-state index contributed by atoms with van der Waals surface area (Å²) in [7, 11) is 0. The maximum Gasteiger partial charge on any atom is 0.144 e. The second kappa shape index (κ2) is 5.58. The highest BCUT2D eigenvalue weighted by molar-refractivity contribution is 5.21. The van der Waals surface area contributed by atoms with Gasteiger partial charge in [0.2, 0.25) is 0 Å². The lowest BCUT2D eigenvalue weighted by molar-refractivity contribution is 0.399. The van der Waals surface area contributed by atoms with E-state index in [-0.39, 0.29) is 5.82 Å². The molecule has 1 aromatic heterocycles. The lowest BCUT2D eigenvalue weighted by Gasteiger charge is -2.22. The van der Waals surface area contributed by atoms with E-state index >= 15 is 0 Å². The summed E-state index contributed by atoms with van der Waals surface area (Å²) in [5.74, 6) is 0.686. The molecular weight excluding hydrogens is 215 g/mol. The molecule has 0 radical (unpaired) electrons. The standard InChI is InChI=1S/C14H21FN2/c1-3-7-17-14-5-4-11(10(14)2)12-6-8-16-9-13(12)15/h6,8-11,14,17H,3-5,7H2,1-2H3. The topological polar surface area (TPSA) is 24.9 Å². The third kappa shape index (κ3) is 2.65. The summed E-state index contributed by atoms with van der Waals surface area (Å²) in [6.07, 6.45) is 6.39. The van der Waals surface area contributed by atoms with Crippen LogP contribution in [0.2, 0.25) is 0 Å². The monoisotopic (exact) mass is 236 g/mol. The Labute approximate surface area is 103 Å². The largest absolute Gasteiger partial charge is 0.314 e. The van der Waals surface area contributed by atoms with E-state index in [0.29, 0.717) is 17.9 Å². The highest BCUT2D eigenvalue weighted by Crippen LogP contribution is 2.40. The van der Waals surface area contributed by atoms with Gasteiger partial charge in [-0.3, -0.25) is 4.98 Å². The second-order valence-corrected chi connectivity index (χ2v) is 5.00. The third-order valence-corrected chi connectivity index (χ3v) is 3.92. The van der Waals surface area contributed by atoms with Crippen LogP contribution in [-0.2, 0) is 0 Å². The van der Waals surface area contributed by atoms with Gasteiger partial charge in [0.25, 0.3) is 0 Å². The van der Waals surface area contributed by atoms with Gasteiger partial charge in [0, 0.05) is 12.2 Å². The van der Waals surface area contributed by atoms with Crippen molar-refractivity contribution in [2.24, 2.45) is 5.92 Å². The highest BCUT2D eigenvalue weighted by atomic mass is 19.1. The molecule has 3 atom stereocenters. The predicted octanol–water partition coefficient (Wildman–Crippen LogP) is 3.10. The summed E-state index contributed by atoms with van der Waals surface area (Å²) in [5.41, 5.74) is 0.841. The zero-order valence-corrected chi connectivity index (χ0v) is 10.6. The Morgan fingerprint density at radius 2 is 2.29 bits per heavy atom. The van der Waals surface area contributed by atoms with Gasteiger partial charge in [0.15, 0.2) is 0 Å². The van der Waals surface area contributed by atoms with E-state index in [2.05, 4.69) is 24.1 Å². The SMILES string of the molecule is CCCNC1CCC(c2ccncc2F)C1C. The molecule has 1 saturated carbocycles. The summed E-state index contributed by atoms with van der Waals surface area (Å²) in [6.45, 7) is 5.46. The number of hydrogen-bond donors (Lipinski definition) is 1. The smallest absolute Gasteiger partial charge is 0.144 e. The summed E-state index contributed by atoms with van der Waals surface area (Å²) in [6, 6.07) is 2.37. The van der Waals surface area contributed by atoms with Crippen LogP contribution < -0.4 is 5.32 Å². The first-order valence-electron chi connectivity index (χ1n) is 6.56. The van der Waals surface area contributed by atoms with Gasteiger partial charge in [-0.05, 0) is 49.3 Å². The molecule has 3 heteroatoms. The Balaban J connectivity index is 2.07. The van der Waals surface area contributed by atoms with E-state index in [0.717, 1.165) is 31.4 Å². The molecule has 0 bridgehead atoms. The first kappa shape index (κ1) is 12.5. The molecule has 2 nitrogen and oxygen atoms in total. The van der Waals surface area contributed by atoms with Gasteiger partial charge >= 0.3 is 0 Å². The van der Waals surface area contributed by atoms with Gasteiger partial charge in [-0.1, -0.05) is 13.8 Å². The average Bonchev–Trinajstić information content (AvgIpc) is 2.69. The Morgan fingerprint density at radius 1 is 1.47 bits per heavy atom. The number of hydrogen-bond acceptors (Lipinski definition) is 2. The maximum absolute atomic E-state index is 13.7. The highest BCUT2D eigenvalue weighted by Gasteiger charge is 2.34. The molecule has 1 aromatic rings. The quantitative estimate of drug-likeness (QED) is 0.869. The third-order valence-electron chi connectivity index (χ3n) is 3.92. The fraction of sp³-hybridized carbons (Fsp3) is 0.643. The van der Waals surface area contributed by atoms with Crippen LogP contribution >= 0.6 is 0 Å². The Kier molecular flexibility index (Phi) is 4.11. The van der Waals surface area contributed by atoms with E-state index in [1.54, 1.807) is 6.20 Å². The Hall–Kier alpha value is -0.960. The molecular formula is C14H21FN2. The number of pyridine rings is 1. The van der Waals surface area contributed by atoms with Crippen LogP contribution in [0.5, 0.6) is 0 Å². The normalized spacial score (nSPS) is 28.5. The van der Waals surface area contributed by atoms with Crippen LogP contribution in [0.1, 0.15) is 44.6 Å². The van der Waals surface area contributed by atoms with Crippen molar-refractivity contribution >= 4 is 0 Å². The lowest BCUT2D eigenvalue weighted by Crippen LogP contribution is -2.32. The molecule has 2 rings (SSSR count). The van der Waals surface area contributed by atoms with Gasteiger partial charge in [0.1, 0.15) is 5.82 Å². The van der Waals surface area contributed by atoms with Crippen LogP contribution in [0.15, 0.2) is 18.5 Å². The molecule has 0 saturated heterocycles. The summed E-state index contributed by atoms with van der Waals surface area (Å²) in [5, 5.41) is 3.56. The van der Waals surface area contributed by atoms with Crippen molar-refractivity contribution in [3.63, 3.8) is 0 Å². The van der Waals surface area contributed by atoms with Crippen LogP contribution in [-0.4, -0.2) is 17.6 Å². The Bertz CT molecular complexity index is 367. The molecule has 17 heavy (non-hydrogen) atoms. The van der Waals surface area contributed by atoms with E-state index in [4.69, 9.17) is 0 Å². The van der Waals surface area contributed by atoms with Crippen molar-refractivity contribution in [2.45, 2.75) is 45.1 Å². The molecule has 0 aromatic carbocycles. The summed E-state index contributed by atoms with van der Waals surface area (Å²) >= 11 is 0. The van der Waals surface area contributed by atoms with Crippen molar-refractivity contribution in [3.05, 3.63) is 29.8 Å². The van der Waals surface area contributed by atoms with Gasteiger partial charge in [-0.25, -0.2) is 4.39 Å². The fourth-order valence-corrected chi connectivity index (χ4v) is 2.91. The minimum Gasteiger partial charge on any atom is -0.314 e. The van der Waals surface area contributed by atoms with Crippen molar-refractivity contribution in [3.8, 4) is 0 Å². The van der Waals surface area contributed by atoms with Crippen molar-refractivity contribution < 1.29 is 4.39 Å². The first-order chi connectivity index (χ1) is 8.24. The molecule has 0 aliphatic heterocycles. The molecule has 1 heterocycles. The van der Waals surface area contributed by atoms with Crippen molar-refractivity contribution in [2.75, 3.05) is 6.54 Å². The number of rotatable bonds is 4. The van der Waals surface area contributed by atoms with Crippen LogP contribution in [0, 0.1) is 11.7 Å². The average molecular weight is 236 g/mol. The number of nitrogens with zero attached hydrogens (tertiary/aromatic N) is 1. The van der Waals surface area contributed by atoms with Crippen LogP contribution in [0.4, 0.5) is 4.39 Å². The number of aromatic nitrogens is 1. The molecule has 1 aliphatic rings. The van der Waals surface area contributed by atoms with Gasteiger partial charge in [-0.2, -0.15) is 0 Å². The molecule has 3 unspecified atom stereocenters. The first-order valence-corrected chi connectivity index (χ1v) is 6.56. The van der Waals surface area contributed by atoms with E-state index in [1.165, 1.54) is 6.20 Å². The zero-order chi connectivity index (χ0) is 12.3. The van der Waals surface area contributed by atoms with Crippen LogP contribution in [0.25, 0.3) is 0 Å².